The van der Waals surface area contributed by atoms with E-state index in [1.165, 1.54) is 23.2 Å². The van der Waals surface area contributed by atoms with Gasteiger partial charge in [0.05, 0.1) is 8.07 Å². The minimum atomic E-state index is -1.39. The summed E-state index contributed by atoms with van der Waals surface area (Å²) in [6.07, 6.45) is 0. The molecular weight excluding hydrogens is 491 g/mol. The zero-order chi connectivity index (χ0) is 14.8. The summed E-state index contributed by atoms with van der Waals surface area (Å²) in [5, 5.41) is 3.32. The van der Waals surface area contributed by atoms with E-state index in [2.05, 4.69) is 71.4 Å². The molecule has 0 unspecified atom stereocenters. The van der Waals surface area contributed by atoms with Crippen LogP contribution in [0, 0.1) is 22.3 Å². The molecule has 1 rings (SSSR count). The van der Waals surface area contributed by atoms with Crippen LogP contribution in [0.4, 0.5) is 0 Å². The predicted molar refractivity (Wildman–Crippen MR) is 115 cm³/mol. The summed E-state index contributed by atoms with van der Waals surface area (Å²) < 4.78 is 0. The molecule has 0 aliphatic carbocycles. The molecule has 0 aromatic heterocycles. The molecule has 1 aromatic carbocycles. The molecule has 0 N–H and O–H groups in total. The first-order chi connectivity index (χ1) is 8.56. The van der Waals surface area contributed by atoms with Crippen LogP contribution in [0.3, 0.4) is 0 Å². The van der Waals surface area contributed by atoms with Gasteiger partial charge in [-0.25, -0.2) is 12.1 Å². The number of hydrogen-bond acceptors (Lipinski definition) is 0. The Hall–Kier alpha value is -0.0479. The molecule has 0 nitrogen and oxygen atoms in total. The van der Waals surface area contributed by atoms with Gasteiger partial charge in [0.15, 0.2) is 0 Å². The maximum absolute atomic E-state index is 4.12. The third-order valence-corrected chi connectivity index (χ3v) is 10.8. The topological polar surface area (TPSA) is 0 Å². The molecule has 136 valence electrons. The van der Waals surface area contributed by atoms with E-state index >= 15 is 0 Å². The molecule has 1 aromatic rings. The summed E-state index contributed by atoms with van der Waals surface area (Å²) in [4.78, 5) is 0. The number of allylic oxidation sites excluding steroid dienone is 2. The second-order valence-electron chi connectivity index (χ2n) is 7.39. The minimum absolute atomic E-state index is 0. The van der Waals surface area contributed by atoms with Crippen molar-refractivity contribution in [1.29, 1.82) is 0 Å². The largest absolute Gasteiger partial charge is 4.00 e. The third-order valence-electron chi connectivity index (χ3n) is 3.76. The summed E-state index contributed by atoms with van der Waals surface area (Å²) in [7, 11) is -2.78. The van der Waals surface area contributed by atoms with Crippen LogP contribution in [0.15, 0.2) is 42.5 Å². The first kappa shape index (κ1) is 30.8. The number of hydrogen-bond donors (Lipinski definition) is 0. The van der Waals surface area contributed by atoms with Crippen LogP contribution in [-0.4, -0.2) is 16.1 Å². The Bertz CT molecular complexity index is 439. The molecule has 23 heavy (non-hydrogen) atoms. The van der Waals surface area contributed by atoms with Crippen LogP contribution in [0.1, 0.15) is 13.8 Å². The van der Waals surface area contributed by atoms with E-state index < -0.39 is 16.1 Å². The van der Waals surface area contributed by atoms with Crippen LogP contribution in [0.2, 0.25) is 38.3 Å². The fourth-order valence-electron chi connectivity index (χ4n) is 3.30. The second kappa shape index (κ2) is 11.5. The van der Waals surface area contributed by atoms with Crippen molar-refractivity contribution in [3.05, 3.63) is 64.8 Å². The first-order valence-electron chi connectivity index (χ1n) is 7.12. The van der Waals surface area contributed by atoms with Gasteiger partial charge in [0.25, 0.3) is 0 Å². The molecule has 0 atom stereocenters. The van der Waals surface area contributed by atoms with E-state index in [9.17, 15) is 0 Å². The molecule has 0 amide bonds. The Morgan fingerprint density at radius 2 is 1.39 bits per heavy atom. The van der Waals surface area contributed by atoms with Crippen LogP contribution < -0.4 is 10.4 Å². The normalized spacial score (nSPS) is 10.3. The quantitative estimate of drug-likeness (QED) is 0.251. The Balaban J connectivity index is -0.000000451. The fraction of sp³-hybridized carbons (Fsp3) is 0.400. The zero-order valence-electron chi connectivity index (χ0n) is 16.9. The van der Waals surface area contributed by atoms with E-state index in [-0.39, 0.29) is 43.3 Å². The smallest absolute Gasteiger partial charge is 0.358 e. The summed E-state index contributed by atoms with van der Waals surface area (Å²) in [5.41, 5.74) is 2.64. The summed E-state index contributed by atoms with van der Waals surface area (Å²) >= 11 is 0. The number of rotatable bonds is 6. The van der Waals surface area contributed by atoms with Crippen molar-refractivity contribution in [3.8, 4) is 0 Å². The Morgan fingerprint density at radius 3 is 1.78 bits per heavy atom. The molecule has 0 spiro atoms. The molecule has 0 saturated carbocycles. The summed E-state index contributed by atoms with van der Waals surface area (Å²) in [6.45, 7) is 22.5. The van der Waals surface area contributed by atoms with Crippen molar-refractivity contribution < 1.29 is 21.1 Å². The SMILES string of the molecule is C=C(C)C[Si](C)(C)c1ccc[c-]1[Si](C)(C)CC(=C)C.[CH3-].[CH3-].[CH3-].[Pt+4]. The monoisotopic (exact) mass is 529 g/mol. The molecule has 0 aliphatic rings. The van der Waals surface area contributed by atoms with E-state index in [0.29, 0.717) is 0 Å². The van der Waals surface area contributed by atoms with Gasteiger partial charge in [0, 0.05) is 8.07 Å². The van der Waals surface area contributed by atoms with Crippen molar-refractivity contribution in [2.45, 2.75) is 52.1 Å². The molecule has 0 radical (unpaired) electrons. The van der Waals surface area contributed by atoms with Gasteiger partial charge < -0.3 is 22.3 Å². The first-order valence-corrected chi connectivity index (χ1v) is 13.5. The fourth-order valence-corrected chi connectivity index (χ4v) is 11.4. The van der Waals surface area contributed by atoms with Gasteiger partial charge in [-0.05, 0) is 25.9 Å². The molecule has 0 aliphatic heterocycles. The van der Waals surface area contributed by atoms with Crippen LogP contribution in [0.5, 0.6) is 0 Å². The zero-order valence-corrected chi connectivity index (χ0v) is 21.1. The van der Waals surface area contributed by atoms with Gasteiger partial charge in [0.1, 0.15) is 0 Å². The Labute approximate surface area is 164 Å². The van der Waals surface area contributed by atoms with Crippen molar-refractivity contribution in [3.63, 3.8) is 0 Å². The van der Waals surface area contributed by atoms with E-state index in [4.69, 9.17) is 0 Å². The standard InChI is InChI=1S/C17H29Si2.3CH3.Pt/c1-14(2)12-18(5,6)16-10-9-11-17(16)19(7,8)13-15(3)4;;;;/h9-11H,1,3,12-13H2,2,4-8H3;3*1H3;/q4*-1;+4. The average molecular weight is 530 g/mol. The van der Waals surface area contributed by atoms with E-state index in [1.54, 1.807) is 10.4 Å². The molecule has 0 fully saturated rings. The van der Waals surface area contributed by atoms with Crippen molar-refractivity contribution in [2.75, 3.05) is 0 Å². The summed E-state index contributed by atoms with van der Waals surface area (Å²) in [6, 6.07) is 9.39. The third kappa shape index (κ3) is 8.56. The van der Waals surface area contributed by atoms with Crippen molar-refractivity contribution >= 4 is 26.5 Å². The maximum atomic E-state index is 4.12. The van der Waals surface area contributed by atoms with Crippen molar-refractivity contribution in [1.82, 2.24) is 0 Å². The van der Waals surface area contributed by atoms with Gasteiger partial charge in [-0.3, -0.25) is 0 Å². The molecule has 3 heteroatoms. The van der Waals surface area contributed by atoms with Crippen molar-refractivity contribution in [2.24, 2.45) is 0 Å². The molecular formula is C20H38PtSi2. The Morgan fingerprint density at radius 1 is 0.957 bits per heavy atom. The predicted octanol–water partition coefficient (Wildman–Crippen LogP) is 5.74. The minimum Gasteiger partial charge on any atom is -0.358 e. The Kier molecular flexibility index (Phi) is 15.4. The van der Waals surface area contributed by atoms with Gasteiger partial charge in [-0.2, -0.15) is 16.4 Å². The van der Waals surface area contributed by atoms with Crippen LogP contribution in [0.25, 0.3) is 0 Å². The van der Waals surface area contributed by atoms with E-state index in [0.717, 1.165) is 0 Å². The maximum Gasteiger partial charge on any atom is 4.00 e. The van der Waals surface area contributed by atoms with Gasteiger partial charge in [-0.1, -0.05) is 37.3 Å². The van der Waals surface area contributed by atoms with Gasteiger partial charge in [0.2, 0.25) is 0 Å². The molecule has 0 bridgehead atoms. The molecule has 0 saturated heterocycles. The van der Waals surface area contributed by atoms with E-state index in [1.807, 2.05) is 0 Å². The second-order valence-corrected chi connectivity index (χ2v) is 16.7. The summed E-state index contributed by atoms with van der Waals surface area (Å²) in [5.74, 6) is 0. The van der Waals surface area contributed by atoms with Gasteiger partial charge >= 0.3 is 21.1 Å². The molecule has 0 heterocycles. The van der Waals surface area contributed by atoms with Gasteiger partial charge in [-0.15, -0.1) is 13.2 Å². The average Bonchev–Trinajstić information content (AvgIpc) is 2.61. The van der Waals surface area contributed by atoms with Crippen LogP contribution >= 0.6 is 0 Å². The van der Waals surface area contributed by atoms with Crippen LogP contribution in [-0.2, 0) is 21.1 Å².